The van der Waals surface area contributed by atoms with Crippen LogP contribution in [0.3, 0.4) is 0 Å². The van der Waals surface area contributed by atoms with E-state index in [1.165, 1.54) is 7.11 Å². The molecular formula is C20H20F3NO5. The quantitative estimate of drug-likeness (QED) is 0.335. The molecule has 0 radical (unpaired) electrons. The van der Waals surface area contributed by atoms with Gasteiger partial charge in [0.25, 0.3) is 0 Å². The van der Waals surface area contributed by atoms with Gasteiger partial charge in [0, 0.05) is 24.5 Å². The number of pyridine rings is 1. The molecule has 29 heavy (non-hydrogen) atoms. The van der Waals surface area contributed by atoms with Gasteiger partial charge in [0.15, 0.2) is 11.6 Å². The minimum absolute atomic E-state index is 0.0976. The predicted molar refractivity (Wildman–Crippen MR) is 93.6 cm³/mol. The molecule has 0 aliphatic heterocycles. The van der Waals surface area contributed by atoms with Gasteiger partial charge in [-0.15, -0.1) is 0 Å². The zero-order valence-electron chi connectivity index (χ0n) is 15.7. The zero-order chi connectivity index (χ0) is 21.0. The van der Waals surface area contributed by atoms with Crippen molar-refractivity contribution in [1.82, 2.24) is 4.98 Å². The van der Waals surface area contributed by atoms with E-state index in [0.29, 0.717) is 18.9 Å². The lowest BCUT2D eigenvalue weighted by atomic mass is 9.61. The first-order valence-corrected chi connectivity index (χ1v) is 9.36. The number of carbonyl (C=O) groups excluding carboxylic acids is 2. The molecule has 0 bridgehead atoms. The van der Waals surface area contributed by atoms with Crippen molar-refractivity contribution in [2.24, 2.45) is 17.3 Å². The second-order valence-electron chi connectivity index (χ2n) is 7.77. The summed E-state index contributed by atoms with van der Waals surface area (Å²) >= 11 is 0. The molecule has 0 aromatic carbocycles. The molecule has 3 aliphatic carbocycles. The molecule has 1 N–H and O–H groups in total. The largest absolute Gasteiger partial charge is 0.506 e. The number of aliphatic hydroxyl groups excluding tert-OH is 1. The smallest absolute Gasteiger partial charge is 0.433 e. The van der Waals surface area contributed by atoms with Crippen molar-refractivity contribution in [3.63, 3.8) is 0 Å². The standard InChI is InChI=1S/C20H20F3NO5/c1-28-6-7-29-9-13-10(2-3-14(24-13)20(21,22)23)16(25)15-17(26)11-4-5-19(11)8-12(19)18(15)27/h2-3,11-12,25H,4-9H2,1H3. The van der Waals surface area contributed by atoms with Crippen LogP contribution >= 0.6 is 0 Å². The number of nitrogens with zero attached hydrogens (tertiary/aromatic N) is 1. The SMILES string of the molecule is COCCOCc1nc(C(F)(F)F)ccc1C(O)=C1C(=O)C2CCC23CC3C1=O. The van der Waals surface area contributed by atoms with Crippen LogP contribution in [0.2, 0.25) is 0 Å². The van der Waals surface area contributed by atoms with Crippen molar-refractivity contribution in [3.05, 3.63) is 34.7 Å². The molecule has 3 atom stereocenters. The summed E-state index contributed by atoms with van der Waals surface area (Å²) in [7, 11) is 1.45. The van der Waals surface area contributed by atoms with Crippen LogP contribution in [0.1, 0.15) is 36.2 Å². The monoisotopic (exact) mass is 411 g/mol. The molecule has 1 spiro atoms. The molecule has 3 saturated carbocycles. The Morgan fingerprint density at radius 2 is 1.97 bits per heavy atom. The number of allylic oxidation sites excluding steroid dienone is 1. The number of carbonyl (C=O) groups is 2. The lowest BCUT2D eigenvalue weighted by Gasteiger charge is -2.40. The summed E-state index contributed by atoms with van der Waals surface area (Å²) < 4.78 is 49.3. The van der Waals surface area contributed by atoms with Crippen LogP contribution in [0, 0.1) is 17.3 Å². The van der Waals surface area contributed by atoms with E-state index >= 15 is 0 Å². The highest BCUT2D eigenvalue weighted by atomic mass is 19.4. The number of methoxy groups -OCH3 is 1. The number of alkyl halides is 3. The molecule has 1 aromatic rings. The van der Waals surface area contributed by atoms with E-state index in [-0.39, 0.29) is 53.9 Å². The molecule has 1 aromatic heterocycles. The first-order chi connectivity index (χ1) is 13.7. The molecule has 0 saturated heterocycles. The fraction of sp³-hybridized carbons (Fsp3) is 0.550. The van der Waals surface area contributed by atoms with Gasteiger partial charge in [-0.05, 0) is 36.8 Å². The number of ketones is 2. The van der Waals surface area contributed by atoms with E-state index in [1.807, 2.05) is 0 Å². The highest BCUT2D eigenvalue weighted by Crippen LogP contribution is 2.72. The van der Waals surface area contributed by atoms with Crippen LogP contribution in [-0.2, 0) is 31.8 Å². The van der Waals surface area contributed by atoms with E-state index in [1.54, 1.807) is 0 Å². The number of ether oxygens (including phenoxy) is 2. The van der Waals surface area contributed by atoms with Gasteiger partial charge in [-0.2, -0.15) is 13.2 Å². The van der Waals surface area contributed by atoms with Crippen molar-refractivity contribution in [1.29, 1.82) is 0 Å². The predicted octanol–water partition coefficient (Wildman–Crippen LogP) is 3.10. The molecule has 9 heteroatoms. The molecule has 1 heterocycles. The zero-order valence-corrected chi connectivity index (χ0v) is 15.7. The second-order valence-corrected chi connectivity index (χ2v) is 7.77. The minimum atomic E-state index is -4.68. The van der Waals surface area contributed by atoms with Crippen molar-refractivity contribution in [3.8, 4) is 0 Å². The van der Waals surface area contributed by atoms with Crippen molar-refractivity contribution >= 4 is 17.3 Å². The van der Waals surface area contributed by atoms with E-state index in [0.717, 1.165) is 12.5 Å². The average molecular weight is 411 g/mol. The van der Waals surface area contributed by atoms with Crippen LogP contribution in [-0.4, -0.2) is 42.0 Å². The summed E-state index contributed by atoms with van der Waals surface area (Å²) in [6.07, 6.45) is -2.55. The van der Waals surface area contributed by atoms with Crippen molar-refractivity contribution < 1.29 is 37.3 Å². The lowest BCUT2D eigenvalue weighted by molar-refractivity contribution is -0.141. The Balaban J connectivity index is 1.71. The maximum absolute atomic E-state index is 13.1. The number of hydrogen-bond donors (Lipinski definition) is 1. The minimum Gasteiger partial charge on any atom is -0.506 e. The Bertz CT molecular complexity index is 910. The van der Waals surface area contributed by atoms with Crippen LogP contribution in [0.25, 0.3) is 5.76 Å². The third-order valence-electron chi connectivity index (χ3n) is 6.26. The Morgan fingerprint density at radius 3 is 2.59 bits per heavy atom. The molecule has 4 rings (SSSR count). The van der Waals surface area contributed by atoms with E-state index in [4.69, 9.17) is 9.47 Å². The summed E-state index contributed by atoms with van der Waals surface area (Å²) in [6.45, 7) is -0.00135. The number of Topliss-reactive ketones (excluding diaryl/α,β-unsaturated/α-hetero) is 2. The maximum atomic E-state index is 13.1. The summed E-state index contributed by atoms with van der Waals surface area (Å²) in [6, 6.07) is 1.75. The van der Waals surface area contributed by atoms with Crippen LogP contribution in [0.5, 0.6) is 0 Å². The Labute approximate surface area is 164 Å². The van der Waals surface area contributed by atoms with Gasteiger partial charge >= 0.3 is 6.18 Å². The van der Waals surface area contributed by atoms with Gasteiger partial charge in [0.2, 0.25) is 0 Å². The lowest BCUT2D eigenvalue weighted by Crippen LogP contribution is -2.44. The van der Waals surface area contributed by atoms with Gasteiger partial charge in [-0.3, -0.25) is 9.59 Å². The fourth-order valence-electron chi connectivity index (χ4n) is 4.52. The normalized spacial score (nSPS) is 29.8. The molecule has 3 aliphatic rings. The van der Waals surface area contributed by atoms with Crippen molar-refractivity contribution in [2.75, 3.05) is 20.3 Å². The molecule has 6 nitrogen and oxygen atoms in total. The summed E-state index contributed by atoms with van der Waals surface area (Å²) in [5.74, 6) is -2.02. The highest BCUT2D eigenvalue weighted by molar-refractivity contribution is 6.29. The molecule has 3 fully saturated rings. The van der Waals surface area contributed by atoms with Crippen LogP contribution < -0.4 is 0 Å². The van der Waals surface area contributed by atoms with E-state index in [9.17, 15) is 27.9 Å². The summed E-state index contributed by atoms with van der Waals surface area (Å²) in [4.78, 5) is 29.1. The van der Waals surface area contributed by atoms with E-state index in [2.05, 4.69) is 4.98 Å². The second kappa shape index (κ2) is 6.91. The first-order valence-electron chi connectivity index (χ1n) is 9.36. The van der Waals surface area contributed by atoms with Gasteiger partial charge in [0.1, 0.15) is 17.0 Å². The van der Waals surface area contributed by atoms with E-state index < -0.39 is 29.2 Å². The number of rotatable bonds is 6. The Kier molecular flexibility index (Phi) is 4.77. The molecule has 156 valence electrons. The highest BCUT2D eigenvalue weighted by Gasteiger charge is 2.72. The van der Waals surface area contributed by atoms with Crippen LogP contribution in [0.15, 0.2) is 17.7 Å². The van der Waals surface area contributed by atoms with Crippen molar-refractivity contribution in [2.45, 2.75) is 32.0 Å². The van der Waals surface area contributed by atoms with Crippen LogP contribution in [0.4, 0.5) is 13.2 Å². The molecule has 3 unspecified atom stereocenters. The topological polar surface area (TPSA) is 85.7 Å². The number of aromatic nitrogens is 1. The molecule has 0 amide bonds. The van der Waals surface area contributed by atoms with Gasteiger partial charge in [-0.1, -0.05) is 0 Å². The average Bonchev–Trinajstić information content (AvgIpc) is 3.41. The Hall–Kier alpha value is -2.26. The first kappa shape index (κ1) is 20.0. The maximum Gasteiger partial charge on any atom is 0.433 e. The number of halogens is 3. The number of aliphatic hydroxyl groups is 1. The Morgan fingerprint density at radius 1 is 1.24 bits per heavy atom. The summed E-state index contributed by atoms with van der Waals surface area (Å²) in [5.41, 5.74) is -1.98. The van der Waals surface area contributed by atoms with Gasteiger partial charge in [0.05, 0.1) is 25.5 Å². The van der Waals surface area contributed by atoms with Gasteiger partial charge in [-0.25, -0.2) is 4.98 Å². The fourth-order valence-corrected chi connectivity index (χ4v) is 4.52. The number of hydrogen-bond acceptors (Lipinski definition) is 6. The third-order valence-corrected chi connectivity index (χ3v) is 6.26. The molecular weight excluding hydrogens is 391 g/mol. The van der Waals surface area contributed by atoms with Gasteiger partial charge < -0.3 is 14.6 Å². The summed E-state index contributed by atoms with van der Waals surface area (Å²) in [5, 5.41) is 10.8. The third kappa shape index (κ3) is 3.16.